The van der Waals surface area contributed by atoms with E-state index in [0.29, 0.717) is 38.0 Å². The van der Waals surface area contributed by atoms with Crippen molar-refractivity contribution in [3.8, 4) is 0 Å². The van der Waals surface area contributed by atoms with Crippen molar-refractivity contribution in [2.24, 2.45) is 17.8 Å². The van der Waals surface area contributed by atoms with E-state index in [-0.39, 0.29) is 24.0 Å². The van der Waals surface area contributed by atoms with Crippen LogP contribution in [0.25, 0.3) is 0 Å². The van der Waals surface area contributed by atoms with Gasteiger partial charge in [0.05, 0.1) is 12.3 Å². The molecular formula is C19H33F4N3O. The van der Waals surface area contributed by atoms with Crippen molar-refractivity contribution in [2.45, 2.75) is 82.7 Å². The Bertz CT molecular complexity index is 449. The minimum absolute atomic E-state index is 0.0928. The van der Waals surface area contributed by atoms with E-state index in [0.717, 1.165) is 19.6 Å². The summed E-state index contributed by atoms with van der Waals surface area (Å²) < 4.78 is 56.0. The van der Waals surface area contributed by atoms with Crippen molar-refractivity contribution in [2.75, 3.05) is 19.6 Å². The highest BCUT2D eigenvalue weighted by Crippen LogP contribution is 2.36. The van der Waals surface area contributed by atoms with Crippen LogP contribution in [0.2, 0.25) is 0 Å². The van der Waals surface area contributed by atoms with Gasteiger partial charge in [-0.1, -0.05) is 13.3 Å². The van der Waals surface area contributed by atoms with Crippen LogP contribution < -0.4 is 16.0 Å². The molecule has 3 N–H and O–H groups in total. The fourth-order valence-corrected chi connectivity index (χ4v) is 5.08. The smallest absolute Gasteiger partial charge is 0.311 e. The Labute approximate surface area is 159 Å². The molecule has 0 aromatic rings. The van der Waals surface area contributed by atoms with Gasteiger partial charge in [-0.15, -0.1) is 13.2 Å². The Morgan fingerprint density at radius 1 is 0.926 bits per heavy atom. The summed E-state index contributed by atoms with van der Waals surface area (Å²) in [6.07, 6.45) is -1.42. The fraction of sp³-hybridized carbons (Fsp3) is 1.00. The van der Waals surface area contributed by atoms with Gasteiger partial charge in [0.1, 0.15) is 6.17 Å². The van der Waals surface area contributed by atoms with Crippen LogP contribution in [0.5, 0.6) is 0 Å². The van der Waals surface area contributed by atoms with E-state index in [9.17, 15) is 17.6 Å². The lowest BCUT2D eigenvalue weighted by atomic mass is 9.77. The Kier molecular flexibility index (Phi) is 7.38. The molecule has 158 valence electrons. The van der Waals surface area contributed by atoms with Crippen LogP contribution in [0.3, 0.4) is 0 Å². The minimum Gasteiger partial charge on any atom is -0.311 e. The van der Waals surface area contributed by atoms with Gasteiger partial charge in [0.15, 0.2) is 0 Å². The molecule has 0 aromatic heterocycles. The molecule has 0 spiro atoms. The second kappa shape index (κ2) is 9.37. The highest BCUT2D eigenvalue weighted by molar-refractivity contribution is 4.95. The van der Waals surface area contributed by atoms with Gasteiger partial charge in [-0.25, -0.2) is 4.39 Å². The van der Waals surface area contributed by atoms with Crippen LogP contribution in [0.4, 0.5) is 17.6 Å². The van der Waals surface area contributed by atoms with Gasteiger partial charge < -0.3 is 16.0 Å². The third kappa shape index (κ3) is 6.02. The Morgan fingerprint density at radius 2 is 1.59 bits per heavy atom. The van der Waals surface area contributed by atoms with E-state index in [1.807, 2.05) is 0 Å². The first kappa shape index (κ1) is 21.3. The quantitative estimate of drug-likeness (QED) is 0.625. The summed E-state index contributed by atoms with van der Waals surface area (Å²) in [5, 5.41) is 10.4. The molecule has 0 aromatic carbocycles. The van der Waals surface area contributed by atoms with Crippen molar-refractivity contribution in [1.29, 1.82) is 0 Å². The molecule has 8 heteroatoms. The maximum absolute atomic E-state index is 14.9. The largest absolute Gasteiger partial charge is 0.522 e. The van der Waals surface area contributed by atoms with Gasteiger partial charge in [0, 0.05) is 31.6 Å². The average molecular weight is 395 g/mol. The van der Waals surface area contributed by atoms with Gasteiger partial charge in [-0.3, -0.25) is 4.74 Å². The lowest BCUT2D eigenvalue weighted by Crippen LogP contribution is -2.62. The summed E-state index contributed by atoms with van der Waals surface area (Å²) in [5.41, 5.74) is 0. The van der Waals surface area contributed by atoms with Crippen LogP contribution in [0, 0.1) is 17.8 Å². The van der Waals surface area contributed by atoms with Crippen LogP contribution in [0.15, 0.2) is 0 Å². The molecule has 2 aliphatic heterocycles. The van der Waals surface area contributed by atoms with Gasteiger partial charge in [-0.2, -0.15) is 0 Å². The van der Waals surface area contributed by atoms with Crippen LogP contribution in [0.1, 0.15) is 51.9 Å². The number of hydrogen-bond donors (Lipinski definition) is 3. The molecule has 0 amide bonds. The van der Waals surface area contributed by atoms with Gasteiger partial charge in [0.2, 0.25) is 0 Å². The van der Waals surface area contributed by atoms with E-state index < -0.39 is 18.6 Å². The summed E-state index contributed by atoms with van der Waals surface area (Å²) in [6, 6.07) is -0.246. The molecular weight excluding hydrogens is 362 g/mol. The summed E-state index contributed by atoms with van der Waals surface area (Å²) >= 11 is 0. The molecule has 3 aliphatic rings. The van der Waals surface area contributed by atoms with Gasteiger partial charge in [0.25, 0.3) is 0 Å². The molecule has 3 unspecified atom stereocenters. The summed E-state index contributed by atoms with van der Waals surface area (Å²) in [4.78, 5) is 0. The molecule has 3 rings (SSSR count). The van der Waals surface area contributed by atoms with E-state index in [1.54, 1.807) is 0 Å². The van der Waals surface area contributed by atoms with Gasteiger partial charge >= 0.3 is 6.36 Å². The van der Waals surface area contributed by atoms with E-state index in [4.69, 9.17) is 0 Å². The molecule has 0 bridgehead atoms. The first-order valence-corrected chi connectivity index (χ1v) is 10.4. The number of nitrogens with one attached hydrogen (secondary N) is 3. The third-order valence-electron chi connectivity index (χ3n) is 6.48. The van der Waals surface area contributed by atoms with E-state index in [1.165, 1.54) is 12.8 Å². The Balaban J connectivity index is 1.42. The third-order valence-corrected chi connectivity index (χ3v) is 6.48. The Morgan fingerprint density at radius 3 is 2.15 bits per heavy atom. The van der Waals surface area contributed by atoms with Crippen molar-refractivity contribution in [3.63, 3.8) is 0 Å². The van der Waals surface area contributed by atoms with Crippen molar-refractivity contribution >= 4 is 0 Å². The molecule has 2 heterocycles. The molecule has 27 heavy (non-hydrogen) atoms. The van der Waals surface area contributed by atoms with Crippen molar-refractivity contribution < 1.29 is 22.3 Å². The summed E-state index contributed by atoms with van der Waals surface area (Å²) in [5.74, 6) is 0.935. The molecule has 4 nitrogen and oxygen atoms in total. The number of alkyl halides is 4. The second-order valence-corrected chi connectivity index (χ2v) is 8.50. The molecule has 2 saturated heterocycles. The standard InChI is InChI=1S/C19H33F4N3O/c1-2-3-12-9-25-18(26-10-12)14-8-16(20)17(24-11-14)13-4-6-15(7-5-13)27-19(21,22)23/h12-18,24-26H,2-11H2,1H3. The number of hydrogen-bond acceptors (Lipinski definition) is 4. The van der Waals surface area contributed by atoms with Crippen molar-refractivity contribution in [1.82, 2.24) is 16.0 Å². The normalized spacial score (nSPS) is 41.4. The molecule has 3 atom stereocenters. The number of rotatable bonds is 5. The zero-order valence-corrected chi connectivity index (χ0v) is 16.0. The molecule has 0 radical (unpaired) electrons. The van der Waals surface area contributed by atoms with Crippen LogP contribution >= 0.6 is 0 Å². The molecule has 1 aliphatic carbocycles. The van der Waals surface area contributed by atoms with Crippen LogP contribution in [-0.4, -0.2) is 50.5 Å². The minimum atomic E-state index is -4.58. The van der Waals surface area contributed by atoms with E-state index in [2.05, 4.69) is 27.6 Å². The number of halogens is 4. The number of piperidine rings is 1. The first-order chi connectivity index (χ1) is 12.9. The zero-order chi connectivity index (χ0) is 19.4. The SMILES string of the molecule is CCCC1CNC(C2CNC(C3CCC(OC(F)(F)F)CC3)C(F)C2)NC1. The number of ether oxygens (including phenoxy) is 1. The molecule has 3 fully saturated rings. The topological polar surface area (TPSA) is 45.3 Å². The average Bonchev–Trinajstić information content (AvgIpc) is 2.62. The maximum atomic E-state index is 14.9. The summed E-state index contributed by atoms with van der Waals surface area (Å²) in [6.45, 7) is 4.89. The fourth-order valence-electron chi connectivity index (χ4n) is 5.08. The monoisotopic (exact) mass is 395 g/mol. The lowest BCUT2D eigenvalue weighted by Gasteiger charge is -2.44. The summed E-state index contributed by atoms with van der Waals surface area (Å²) in [7, 11) is 0. The highest BCUT2D eigenvalue weighted by atomic mass is 19.4. The predicted molar refractivity (Wildman–Crippen MR) is 95.9 cm³/mol. The maximum Gasteiger partial charge on any atom is 0.522 e. The Hall–Kier alpha value is -0.440. The lowest BCUT2D eigenvalue weighted by molar-refractivity contribution is -0.345. The second-order valence-electron chi connectivity index (χ2n) is 8.50. The van der Waals surface area contributed by atoms with E-state index >= 15 is 0 Å². The van der Waals surface area contributed by atoms with Crippen molar-refractivity contribution in [3.05, 3.63) is 0 Å². The van der Waals surface area contributed by atoms with Gasteiger partial charge in [-0.05, 0) is 50.4 Å². The zero-order valence-electron chi connectivity index (χ0n) is 16.0. The van der Waals surface area contributed by atoms with Crippen LogP contribution in [-0.2, 0) is 4.74 Å². The predicted octanol–water partition coefficient (Wildman–Crippen LogP) is 3.33. The highest BCUT2D eigenvalue weighted by Gasteiger charge is 2.41. The first-order valence-electron chi connectivity index (χ1n) is 10.4. The molecule has 1 saturated carbocycles.